The Morgan fingerprint density at radius 1 is 1.16 bits per heavy atom. The Hall–Kier alpha value is -2.11. The third-order valence-electron chi connectivity index (χ3n) is 3.49. The van der Waals surface area contributed by atoms with Crippen LogP contribution in [0.1, 0.15) is 12.5 Å². The standard InChI is InChI=1S/C18H17Cl2FN2O2/c1-12(24)23(17-6-5-14(19)11-16(17)20)8-7-22-18(25)10-13-3-2-4-15(21)9-13/h2-6,9,11H,7-8,10H2,1H3,(H,22,25). The number of carbonyl (C=O) groups is 2. The molecule has 2 amide bonds. The number of hydrogen-bond acceptors (Lipinski definition) is 2. The van der Waals surface area contributed by atoms with Gasteiger partial charge in [-0.25, -0.2) is 4.39 Å². The molecule has 2 aromatic rings. The van der Waals surface area contributed by atoms with Crippen LogP contribution < -0.4 is 10.2 Å². The number of nitrogens with one attached hydrogen (secondary N) is 1. The zero-order valence-corrected chi connectivity index (χ0v) is 15.1. The van der Waals surface area contributed by atoms with Gasteiger partial charge >= 0.3 is 0 Å². The van der Waals surface area contributed by atoms with Crippen molar-refractivity contribution in [3.8, 4) is 0 Å². The van der Waals surface area contributed by atoms with Gasteiger partial charge in [-0.1, -0.05) is 35.3 Å². The summed E-state index contributed by atoms with van der Waals surface area (Å²) in [6, 6.07) is 10.7. The minimum absolute atomic E-state index is 0.0690. The van der Waals surface area contributed by atoms with Crippen LogP contribution in [0, 0.1) is 5.82 Å². The van der Waals surface area contributed by atoms with Gasteiger partial charge in [-0.15, -0.1) is 0 Å². The average molecular weight is 383 g/mol. The van der Waals surface area contributed by atoms with E-state index in [-0.39, 0.29) is 37.1 Å². The number of rotatable bonds is 6. The summed E-state index contributed by atoms with van der Waals surface area (Å²) in [6.45, 7) is 1.91. The third-order valence-corrected chi connectivity index (χ3v) is 4.03. The van der Waals surface area contributed by atoms with Crippen LogP contribution in [0.2, 0.25) is 10.0 Å². The van der Waals surface area contributed by atoms with Gasteiger partial charge < -0.3 is 10.2 Å². The molecule has 0 unspecified atom stereocenters. The summed E-state index contributed by atoms with van der Waals surface area (Å²) in [4.78, 5) is 25.3. The average Bonchev–Trinajstić information content (AvgIpc) is 2.52. The minimum atomic E-state index is -0.384. The molecule has 0 bridgehead atoms. The number of anilines is 1. The first-order valence-corrected chi connectivity index (χ1v) is 8.36. The van der Waals surface area contributed by atoms with Gasteiger partial charge in [0, 0.05) is 25.0 Å². The number of nitrogens with zero attached hydrogens (tertiary/aromatic N) is 1. The molecule has 4 nitrogen and oxygen atoms in total. The lowest BCUT2D eigenvalue weighted by molar-refractivity contribution is -0.121. The minimum Gasteiger partial charge on any atom is -0.354 e. The molecule has 0 saturated heterocycles. The number of halogens is 3. The Bertz CT molecular complexity index is 783. The Kier molecular flexibility index (Phi) is 6.79. The van der Waals surface area contributed by atoms with Crippen LogP contribution in [0.5, 0.6) is 0 Å². The maximum atomic E-state index is 13.1. The highest BCUT2D eigenvalue weighted by atomic mass is 35.5. The molecular weight excluding hydrogens is 366 g/mol. The summed E-state index contributed by atoms with van der Waals surface area (Å²) in [5, 5.41) is 3.54. The van der Waals surface area contributed by atoms with E-state index in [1.165, 1.54) is 24.0 Å². The van der Waals surface area contributed by atoms with Gasteiger partial charge in [-0.2, -0.15) is 0 Å². The maximum absolute atomic E-state index is 13.1. The molecule has 0 radical (unpaired) electrons. The Morgan fingerprint density at radius 2 is 1.92 bits per heavy atom. The fourth-order valence-electron chi connectivity index (χ4n) is 2.35. The lowest BCUT2D eigenvalue weighted by atomic mass is 10.1. The van der Waals surface area contributed by atoms with E-state index < -0.39 is 0 Å². The second-order valence-electron chi connectivity index (χ2n) is 5.42. The smallest absolute Gasteiger partial charge is 0.224 e. The summed E-state index contributed by atoms with van der Waals surface area (Å²) >= 11 is 12.0. The lowest BCUT2D eigenvalue weighted by Gasteiger charge is -2.22. The largest absolute Gasteiger partial charge is 0.354 e. The zero-order chi connectivity index (χ0) is 18.4. The van der Waals surface area contributed by atoms with Gasteiger partial charge in [-0.3, -0.25) is 9.59 Å². The molecule has 0 fully saturated rings. The van der Waals surface area contributed by atoms with E-state index in [0.29, 0.717) is 21.3 Å². The first-order chi connectivity index (χ1) is 11.9. The molecule has 0 aliphatic carbocycles. The second kappa shape index (κ2) is 8.83. The third kappa shape index (κ3) is 5.73. The second-order valence-corrected chi connectivity index (χ2v) is 6.27. The van der Waals surface area contributed by atoms with E-state index in [2.05, 4.69) is 5.32 Å². The zero-order valence-electron chi connectivity index (χ0n) is 13.6. The van der Waals surface area contributed by atoms with E-state index in [1.54, 1.807) is 30.3 Å². The number of hydrogen-bond donors (Lipinski definition) is 1. The van der Waals surface area contributed by atoms with Crippen molar-refractivity contribution < 1.29 is 14.0 Å². The van der Waals surface area contributed by atoms with Crippen molar-refractivity contribution in [2.45, 2.75) is 13.3 Å². The van der Waals surface area contributed by atoms with Crippen LogP contribution in [0.15, 0.2) is 42.5 Å². The van der Waals surface area contributed by atoms with Gasteiger partial charge in [0.1, 0.15) is 5.82 Å². The lowest BCUT2D eigenvalue weighted by Crippen LogP contribution is -2.38. The van der Waals surface area contributed by atoms with Crippen molar-refractivity contribution in [2.24, 2.45) is 0 Å². The van der Waals surface area contributed by atoms with Crippen molar-refractivity contribution in [2.75, 3.05) is 18.0 Å². The fraction of sp³-hybridized carbons (Fsp3) is 0.222. The molecule has 2 rings (SSSR count). The van der Waals surface area contributed by atoms with Crippen molar-refractivity contribution in [3.63, 3.8) is 0 Å². The number of amides is 2. The molecule has 0 atom stereocenters. The molecule has 25 heavy (non-hydrogen) atoms. The van der Waals surface area contributed by atoms with Gasteiger partial charge in [0.25, 0.3) is 0 Å². The van der Waals surface area contributed by atoms with Crippen LogP contribution in [0.3, 0.4) is 0 Å². The predicted molar refractivity (Wildman–Crippen MR) is 97.6 cm³/mol. The van der Waals surface area contributed by atoms with Crippen LogP contribution >= 0.6 is 23.2 Å². The topological polar surface area (TPSA) is 49.4 Å². The van der Waals surface area contributed by atoms with E-state index >= 15 is 0 Å². The van der Waals surface area contributed by atoms with Crippen LogP contribution in [-0.4, -0.2) is 24.9 Å². The Balaban J connectivity index is 1.93. The van der Waals surface area contributed by atoms with Crippen molar-refractivity contribution >= 4 is 40.7 Å². The van der Waals surface area contributed by atoms with Crippen LogP contribution in [0.4, 0.5) is 10.1 Å². The molecule has 132 valence electrons. The first kappa shape index (κ1) is 19.2. The summed E-state index contributed by atoms with van der Waals surface area (Å²) in [5.41, 5.74) is 1.11. The van der Waals surface area contributed by atoms with Gasteiger partial charge in [0.15, 0.2) is 0 Å². The van der Waals surface area contributed by atoms with Crippen molar-refractivity contribution in [3.05, 3.63) is 63.9 Å². The molecule has 0 spiro atoms. The van der Waals surface area contributed by atoms with Crippen LogP contribution in [0.25, 0.3) is 0 Å². The molecule has 0 saturated carbocycles. The number of benzene rings is 2. The highest BCUT2D eigenvalue weighted by Gasteiger charge is 2.15. The molecule has 2 aromatic carbocycles. The quantitative estimate of drug-likeness (QED) is 0.824. The van der Waals surface area contributed by atoms with Crippen LogP contribution in [-0.2, 0) is 16.0 Å². The summed E-state index contributed by atoms with van der Waals surface area (Å²) in [6.07, 6.45) is 0.0690. The monoisotopic (exact) mass is 382 g/mol. The van der Waals surface area contributed by atoms with Gasteiger partial charge in [-0.05, 0) is 35.9 Å². The van der Waals surface area contributed by atoms with Gasteiger partial charge in [0.2, 0.25) is 11.8 Å². The van der Waals surface area contributed by atoms with E-state index in [0.717, 1.165) is 0 Å². The SMILES string of the molecule is CC(=O)N(CCNC(=O)Cc1cccc(F)c1)c1ccc(Cl)cc1Cl. The molecule has 0 aromatic heterocycles. The summed E-state index contributed by atoms with van der Waals surface area (Å²) in [7, 11) is 0. The van der Waals surface area contributed by atoms with E-state index in [9.17, 15) is 14.0 Å². The summed E-state index contributed by atoms with van der Waals surface area (Å²) in [5.74, 6) is -0.842. The maximum Gasteiger partial charge on any atom is 0.224 e. The Morgan fingerprint density at radius 3 is 2.56 bits per heavy atom. The van der Waals surface area contributed by atoms with E-state index in [4.69, 9.17) is 23.2 Å². The van der Waals surface area contributed by atoms with Crippen molar-refractivity contribution in [1.29, 1.82) is 0 Å². The molecular formula is C18H17Cl2FN2O2. The van der Waals surface area contributed by atoms with Crippen molar-refractivity contribution in [1.82, 2.24) is 5.32 Å². The highest BCUT2D eigenvalue weighted by Crippen LogP contribution is 2.28. The normalized spacial score (nSPS) is 10.4. The molecule has 0 heterocycles. The first-order valence-electron chi connectivity index (χ1n) is 7.61. The van der Waals surface area contributed by atoms with Gasteiger partial charge in [0.05, 0.1) is 17.1 Å². The fourth-order valence-corrected chi connectivity index (χ4v) is 2.86. The highest BCUT2D eigenvalue weighted by molar-refractivity contribution is 6.36. The summed E-state index contributed by atoms with van der Waals surface area (Å²) < 4.78 is 13.1. The molecule has 0 aliphatic rings. The Labute approximate surface area is 155 Å². The van der Waals surface area contributed by atoms with E-state index in [1.807, 2.05) is 0 Å². The molecule has 1 N–H and O–H groups in total. The number of carbonyl (C=O) groups excluding carboxylic acids is 2. The molecule has 0 aliphatic heterocycles. The predicted octanol–water partition coefficient (Wildman–Crippen LogP) is 3.84. The molecule has 7 heteroatoms.